The SMILES string of the molecule is C[C@@H](OCc1ccccc1)[C@H](NC(=O)[C@@]1(CO)CCCN1C(=O)OC(C)(C)C)C(=O)OCc1ccccc1. The minimum atomic E-state index is -1.57. The summed E-state index contributed by atoms with van der Waals surface area (Å²) >= 11 is 0. The molecule has 2 aromatic carbocycles. The summed E-state index contributed by atoms with van der Waals surface area (Å²) in [5, 5.41) is 13.1. The van der Waals surface area contributed by atoms with Gasteiger partial charge >= 0.3 is 12.1 Å². The van der Waals surface area contributed by atoms with Gasteiger partial charge in [0.25, 0.3) is 0 Å². The molecule has 38 heavy (non-hydrogen) atoms. The average Bonchev–Trinajstić information content (AvgIpc) is 3.35. The van der Waals surface area contributed by atoms with E-state index in [1.807, 2.05) is 60.7 Å². The summed E-state index contributed by atoms with van der Waals surface area (Å²) in [7, 11) is 0. The molecule has 0 unspecified atom stereocenters. The van der Waals surface area contributed by atoms with E-state index in [0.29, 0.717) is 6.42 Å². The third kappa shape index (κ3) is 7.55. The number of ether oxygens (including phenoxy) is 3. The summed E-state index contributed by atoms with van der Waals surface area (Å²) in [6, 6.07) is 17.5. The van der Waals surface area contributed by atoms with Crippen LogP contribution in [0.3, 0.4) is 0 Å². The first kappa shape index (κ1) is 29.1. The number of amides is 2. The lowest BCUT2D eigenvalue weighted by molar-refractivity contribution is -0.155. The number of hydrogen-bond donors (Lipinski definition) is 2. The van der Waals surface area contributed by atoms with Gasteiger partial charge in [-0.25, -0.2) is 9.59 Å². The van der Waals surface area contributed by atoms with Crippen LogP contribution >= 0.6 is 0 Å². The second-order valence-electron chi connectivity index (χ2n) is 10.5. The molecule has 0 saturated carbocycles. The topological polar surface area (TPSA) is 114 Å². The van der Waals surface area contributed by atoms with Crippen LogP contribution in [-0.4, -0.2) is 64.4 Å². The normalized spacial score (nSPS) is 18.9. The van der Waals surface area contributed by atoms with E-state index >= 15 is 0 Å². The Kier molecular flexibility index (Phi) is 9.88. The summed E-state index contributed by atoms with van der Waals surface area (Å²) in [5.74, 6) is -1.35. The number of rotatable bonds is 10. The highest BCUT2D eigenvalue weighted by atomic mass is 16.6. The summed E-state index contributed by atoms with van der Waals surface area (Å²) in [4.78, 5) is 41.0. The zero-order chi connectivity index (χ0) is 27.8. The van der Waals surface area contributed by atoms with Crippen molar-refractivity contribution in [3.63, 3.8) is 0 Å². The molecule has 2 aromatic rings. The van der Waals surface area contributed by atoms with Crippen LogP contribution in [0, 0.1) is 0 Å². The van der Waals surface area contributed by atoms with Crippen LogP contribution in [0.15, 0.2) is 60.7 Å². The number of nitrogens with one attached hydrogen (secondary N) is 1. The monoisotopic (exact) mass is 526 g/mol. The van der Waals surface area contributed by atoms with Crippen molar-refractivity contribution in [3.05, 3.63) is 71.8 Å². The fraction of sp³-hybridized carbons (Fsp3) is 0.483. The van der Waals surface area contributed by atoms with Gasteiger partial charge in [0.1, 0.15) is 17.7 Å². The van der Waals surface area contributed by atoms with E-state index in [1.54, 1.807) is 27.7 Å². The van der Waals surface area contributed by atoms with Crippen molar-refractivity contribution in [2.24, 2.45) is 0 Å². The van der Waals surface area contributed by atoms with Crippen LogP contribution in [-0.2, 0) is 37.0 Å². The third-order valence-corrected chi connectivity index (χ3v) is 6.38. The van der Waals surface area contributed by atoms with Gasteiger partial charge < -0.3 is 24.6 Å². The van der Waals surface area contributed by atoms with Gasteiger partial charge in [-0.2, -0.15) is 0 Å². The van der Waals surface area contributed by atoms with E-state index in [1.165, 1.54) is 4.90 Å². The Hall–Kier alpha value is -3.43. The van der Waals surface area contributed by atoms with Crippen molar-refractivity contribution in [3.8, 4) is 0 Å². The van der Waals surface area contributed by atoms with Gasteiger partial charge in [0.2, 0.25) is 5.91 Å². The maximum Gasteiger partial charge on any atom is 0.411 e. The third-order valence-electron chi connectivity index (χ3n) is 6.38. The van der Waals surface area contributed by atoms with Crippen molar-refractivity contribution in [2.45, 2.75) is 77.0 Å². The van der Waals surface area contributed by atoms with Crippen molar-refractivity contribution in [2.75, 3.05) is 13.2 Å². The van der Waals surface area contributed by atoms with Crippen LogP contribution in [0.1, 0.15) is 51.7 Å². The lowest BCUT2D eigenvalue weighted by Crippen LogP contribution is -2.63. The molecule has 0 aromatic heterocycles. The van der Waals surface area contributed by atoms with Gasteiger partial charge in [0, 0.05) is 6.54 Å². The fourth-order valence-electron chi connectivity index (χ4n) is 4.29. The highest BCUT2D eigenvalue weighted by molar-refractivity contribution is 5.94. The van der Waals surface area contributed by atoms with Crippen molar-refractivity contribution in [1.82, 2.24) is 10.2 Å². The minimum Gasteiger partial charge on any atom is -0.459 e. The molecule has 1 aliphatic heterocycles. The highest BCUT2D eigenvalue weighted by Crippen LogP contribution is 2.31. The molecular weight excluding hydrogens is 488 g/mol. The lowest BCUT2D eigenvalue weighted by atomic mass is 9.95. The Balaban J connectivity index is 1.79. The van der Waals surface area contributed by atoms with Gasteiger partial charge in [-0.1, -0.05) is 60.7 Å². The number of aliphatic hydroxyl groups is 1. The van der Waals surface area contributed by atoms with E-state index in [-0.39, 0.29) is 26.2 Å². The maximum atomic E-state index is 13.7. The quantitative estimate of drug-likeness (QED) is 0.455. The molecule has 2 amide bonds. The molecule has 2 N–H and O–H groups in total. The lowest BCUT2D eigenvalue weighted by Gasteiger charge is -2.37. The predicted molar refractivity (Wildman–Crippen MR) is 141 cm³/mol. The van der Waals surface area contributed by atoms with E-state index in [2.05, 4.69) is 5.32 Å². The molecule has 0 spiro atoms. The Bertz CT molecular complexity index is 1070. The Labute approximate surface area is 224 Å². The van der Waals surface area contributed by atoms with Crippen LogP contribution < -0.4 is 5.32 Å². The molecule has 1 aliphatic rings. The smallest absolute Gasteiger partial charge is 0.411 e. The van der Waals surface area contributed by atoms with E-state index in [9.17, 15) is 19.5 Å². The minimum absolute atomic E-state index is 0.0205. The standard InChI is InChI=1S/C29H38N2O7/c1-21(36-18-22-12-7-5-8-13-22)24(25(33)37-19-23-14-9-6-10-15-23)30-26(34)29(20-32)16-11-17-31(29)27(35)38-28(2,3)4/h5-10,12-15,21,24,32H,11,16-20H2,1-4H3,(H,30,34)/t21-,24+,29+/m1/s1. The maximum absolute atomic E-state index is 13.7. The number of esters is 1. The molecule has 3 atom stereocenters. The molecule has 0 radical (unpaired) electrons. The second kappa shape index (κ2) is 12.9. The molecule has 9 nitrogen and oxygen atoms in total. The molecule has 1 heterocycles. The van der Waals surface area contributed by atoms with E-state index in [0.717, 1.165) is 11.1 Å². The average molecular weight is 527 g/mol. The van der Waals surface area contributed by atoms with Gasteiger partial charge in [0.15, 0.2) is 6.04 Å². The first-order chi connectivity index (χ1) is 18.1. The summed E-state index contributed by atoms with van der Waals surface area (Å²) in [6.07, 6.45) is -0.749. The number of carbonyl (C=O) groups excluding carboxylic acids is 3. The molecule has 9 heteroatoms. The molecule has 1 fully saturated rings. The fourth-order valence-corrected chi connectivity index (χ4v) is 4.29. The van der Waals surface area contributed by atoms with Crippen LogP contribution in [0.2, 0.25) is 0 Å². The Morgan fingerprint density at radius 1 is 1.00 bits per heavy atom. The number of hydrogen-bond acceptors (Lipinski definition) is 7. The first-order valence-corrected chi connectivity index (χ1v) is 12.8. The van der Waals surface area contributed by atoms with E-state index in [4.69, 9.17) is 14.2 Å². The van der Waals surface area contributed by atoms with Gasteiger partial charge in [-0.3, -0.25) is 9.69 Å². The number of nitrogens with zero attached hydrogens (tertiary/aromatic N) is 1. The molecular formula is C29H38N2O7. The Morgan fingerprint density at radius 2 is 1.58 bits per heavy atom. The summed E-state index contributed by atoms with van der Waals surface area (Å²) in [5.41, 5.74) is -0.649. The molecule has 3 rings (SSSR count). The highest BCUT2D eigenvalue weighted by Gasteiger charge is 2.52. The number of likely N-dealkylation sites (tertiary alicyclic amines) is 1. The van der Waals surface area contributed by atoms with E-state index < -0.39 is 47.9 Å². The van der Waals surface area contributed by atoms with Crippen LogP contribution in [0.25, 0.3) is 0 Å². The predicted octanol–water partition coefficient (Wildman–Crippen LogP) is 3.58. The first-order valence-electron chi connectivity index (χ1n) is 12.8. The molecule has 206 valence electrons. The molecule has 0 bridgehead atoms. The molecule has 0 aliphatic carbocycles. The number of aliphatic hydroxyl groups excluding tert-OH is 1. The van der Waals surface area contributed by atoms with Crippen molar-refractivity contribution < 1.29 is 33.7 Å². The summed E-state index contributed by atoms with van der Waals surface area (Å²) < 4.78 is 17.0. The second-order valence-corrected chi connectivity index (χ2v) is 10.5. The van der Waals surface area contributed by atoms with Crippen molar-refractivity contribution >= 4 is 18.0 Å². The molecule has 1 saturated heterocycles. The van der Waals surface area contributed by atoms with Gasteiger partial charge in [-0.15, -0.1) is 0 Å². The van der Waals surface area contributed by atoms with Crippen LogP contribution in [0.4, 0.5) is 4.79 Å². The Morgan fingerprint density at radius 3 is 2.13 bits per heavy atom. The zero-order valence-corrected chi connectivity index (χ0v) is 22.5. The zero-order valence-electron chi connectivity index (χ0n) is 22.5. The summed E-state index contributed by atoms with van der Waals surface area (Å²) in [6.45, 7) is 6.71. The van der Waals surface area contributed by atoms with Gasteiger partial charge in [0.05, 0.1) is 19.3 Å². The largest absolute Gasteiger partial charge is 0.459 e. The van der Waals surface area contributed by atoms with Crippen LogP contribution in [0.5, 0.6) is 0 Å². The van der Waals surface area contributed by atoms with Gasteiger partial charge in [-0.05, 0) is 51.7 Å². The number of benzene rings is 2. The van der Waals surface area contributed by atoms with Crippen molar-refractivity contribution in [1.29, 1.82) is 0 Å². The number of carbonyl (C=O) groups is 3.